The van der Waals surface area contributed by atoms with E-state index in [1.54, 1.807) is 19.1 Å². The molecular formula is C20H22Cl2N2O3S. The minimum Gasteiger partial charge on any atom is -0.306 e. The lowest BCUT2D eigenvalue weighted by Crippen LogP contribution is -2.26. The monoisotopic (exact) mass is 440 g/mol. The summed E-state index contributed by atoms with van der Waals surface area (Å²) < 4.78 is 27.7. The summed E-state index contributed by atoms with van der Waals surface area (Å²) in [4.78, 5) is 11.3. The van der Waals surface area contributed by atoms with Crippen LogP contribution < -0.4 is 9.62 Å². The summed E-state index contributed by atoms with van der Waals surface area (Å²) in [5.74, 6) is 0.166. The fourth-order valence-corrected chi connectivity index (χ4v) is 5.28. The van der Waals surface area contributed by atoms with Gasteiger partial charge in [-0.05, 0) is 55.6 Å². The fraction of sp³-hybridized carbons (Fsp3) is 0.350. The number of benzene rings is 2. The van der Waals surface area contributed by atoms with Gasteiger partial charge in [-0.3, -0.25) is 4.31 Å². The van der Waals surface area contributed by atoms with Crippen molar-refractivity contribution < 1.29 is 13.2 Å². The van der Waals surface area contributed by atoms with Crippen LogP contribution in [0.3, 0.4) is 0 Å². The summed E-state index contributed by atoms with van der Waals surface area (Å²) in [6.07, 6.45) is 2.12. The lowest BCUT2D eigenvalue weighted by molar-refractivity contribution is -0.117. The van der Waals surface area contributed by atoms with Gasteiger partial charge < -0.3 is 10.1 Å². The van der Waals surface area contributed by atoms with E-state index in [0.29, 0.717) is 29.2 Å². The van der Waals surface area contributed by atoms with Crippen LogP contribution in [0.2, 0.25) is 10.0 Å². The number of fused-ring (bicyclic) bond motifs is 2. The number of hydrogen-bond acceptors (Lipinski definition) is 4. The summed E-state index contributed by atoms with van der Waals surface area (Å²) in [6, 6.07) is 10.1. The molecule has 28 heavy (non-hydrogen) atoms. The van der Waals surface area contributed by atoms with Crippen molar-refractivity contribution in [2.45, 2.75) is 37.1 Å². The predicted octanol–water partition coefficient (Wildman–Crippen LogP) is 4.57. The molecule has 1 heterocycles. The number of sulfonamides is 1. The number of para-hydroxylation sites is 1. The number of ketones is 1. The molecule has 0 aliphatic carbocycles. The second kappa shape index (κ2) is 8.41. The van der Waals surface area contributed by atoms with Crippen molar-refractivity contribution in [1.82, 2.24) is 5.32 Å². The smallest absolute Gasteiger partial charge is 0.264 e. The molecule has 0 bridgehead atoms. The molecule has 0 radical (unpaired) electrons. The molecular weight excluding hydrogens is 419 g/mol. The van der Waals surface area contributed by atoms with Gasteiger partial charge in [-0.1, -0.05) is 41.4 Å². The first-order valence-electron chi connectivity index (χ1n) is 9.03. The van der Waals surface area contributed by atoms with Crippen LogP contribution in [0.5, 0.6) is 0 Å². The van der Waals surface area contributed by atoms with E-state index in [0.717, 1.165) is 18.4 Å². The number of halogens is 2. The van der Waals surface area contributed by atoms with Gasteiger partial charge in [0.2, 0.25) is 0 Å². The Morgan fingerprint density at radius 3 is 2.50 bits per heavy atom. The van der Waals surface area contributed by atoms with E-state index in [9.17, 15) is 13.2 Å². The van der Waals surface area contributed by atoms with Crippen LogP contribution in [-0.4, -0.2) is 27.8 Å². The number of Topliss-reactive ketones (excluding diaryl/α,β-unsaturated/α-hetero) is 1. The normalized spacial score (nSPS) is 17.6. The zero-order valence-corrected chi connectivity index (χ0v) is 18.0. The van der Waals surface area contributed by atoms with Gasteiger partial charge in [0, 0.05) is 13.5 Å². The number of unbranched alkanes of at least 4 members (excludes halogenated alkanes) is 1. The van der Waals surface area contributed by atoms with Gasteiger partial charge in [0.05, 0.1) is 26.7 Å². The average Bonchev–Trinajstić information content (AvgIpc) is 2.71. The summed E-state index contributed by atoms with van der Waals surface area (Å²) in [5, 5.41) is 3.95. The highest BCUT2D eigenvalue weighted by molar-refractivity contribution is 7.92. The molecule has 1 N–H and O–H groups in total. The zero-order valence-electron chi connectivity index (χ0n) is 15.7. The number of hydrogen-bond donors (Lipinski definition) is 1. The summed E-state index contributed by atoms with van der Waals surface area (Å²) in [5.41, 5.74) is 2.02. The summed E-state index contributed by atoms with van der Waals surface area (Å²) in [6.45, 7) is 2.22. The topological polar surface area (TPSA) is 66.5 Å². The Hall–Kier alpha value is -1.60. The van der Waals surface area contributed by atoms with Gasteiger partial charge in [0.25, 0.3) is 10.0 Å². The standard InChI is InChI=1S/C20H22Cl2N2O3S/c1-13(25)7-5-6-10-23-20-14-8-3-4-9-18(14)24(2)28(26,27)19-12-17(22)16(21)11-15(19)20/h3-4,8-9,11-12,20,23H,5-7,10H2,1-2H3. The largest absolute Gasteiger partial charge is 0.306 e. The third-order valence-corrected chi connectivity index (χ3v) is 7.44. The van der Waals surface area contributed by atoms with E-state index in [4.69, 9.17) is 23.2 Å². The molecule has 0 aromatic heterocycles. The molecule has 0 saturated heterocycles. The fourth-order valence-electron chi connectivity index (χ4n) is 3.42. The Morgan fingerprint density at radius 2 is 1.79 bits per heavy atom. The van der Waals surface area contributed by atoms with Crippen molar-refractivity contribution >= 4 is 44.7 Å². The second-order valence-electron chi connectivity index (χ2n) is 6.88. The zero-order chi connectivity index (χ0) is 20.5. The van der Waals surface area contributed by atoms with Crippen LogP contribution in [0.25, 0.3) is 0 Å². The first-order valence-corrected chi connectivity index (χ1v) is 11.2. The lowest BCUT2D eigenvalue weighted by atomic mass is 9.96. The molecule has 3 rings (SSSR count). The van der Waals surface area contributed by atoms with Crippen molar-refractivity contribution in [2.75, 3.05) is 17.9 Å². The van der Waals surface area contributed by atoms with Crippen molar-refractivity contribution in [3.05, 3.63) is 57.6 Å². The van der Waals surface area contributed by atoms with Gasteiger partial charge in [-0.15, -0.1) is 0 Å². The van der Waals surface area contributed by atoms with Gasteiger partial charge in [0.15, 0.2) is 0 Å². The number of nitrogens with zero attached hydrogens (tertiary/aromatic N) is 1. The molecule has 1 atom stereocenters. The molecule has 2 aromatic rings. The molecule has 0 fully saturated rings. The highest BCUT2D eigenvalue weighted by atomic mass is 35.5. The van der Waals surface area contributed by atoms with Crippen LogP contribution in [-0.2, 0) is 14.8 Å². The number of carbonyl (C=O) groups excluding carboxylic acids is 1. The number of anilines is 1. The Morgan fingerprint density at radius 1 is 1.11 bits per heavy atom. The Balaban J connectivity index is 2.06. The first kappa shape index (κ1) is 21.1. The van der Waals surface area contributed by atoms with Crippen molar-refractivity contribution in [3.8, 4) is 0 Å². The van der Waals surface area contributed by atoms with Crippen LogP contribution in [0.15, 0.2) is 41.3 Å². The SMILES string of the molecule is CC(=O)CCCCNC1c2ccccc2N(C)S(=O)(=O)c2cc(Cl)c(Cl)cc21. The third-order valence-electron chi connectivity index (χ3n) is 4.89. The molecule has 1 unspecified atom stereocenters. The third kappa shape index (κ3) is 4.06. The van der Waals surface area contributed by atoms with Gasteiger partial charge in [-0.2, -0.15) is 0 Å². The van der Waals surface area contributed by atoms with Crippen LogP contribution in [0.4, 0.5) is 5.69 Å². The van der Waals surface area contributed by atoms with Crippen molar-refractivity contribution in [3.63, 3.8) is 0 Å². The Bertz CT molecular complexity index is 1010. The average molecular weight is 441 g/mol. The lowest BCUT2D eigenvalue weighted by Gasteiger charge is -2.22. The maximum absolute atomic E-state index is 13.2. The molecule has 8 heteroatoms. The molecule has 2 aromatic carbocycles. The van der Waals surface area contributed by atoms with Crippen LogP contribution >= 0.6 is 23.2 Å². The summed E-state index contributed by atoms with van der Waals surface area (Å²) >= 11 is 12.4. The first-order chi connectivity index (χ1) is 13.2. The van der Waals surface area contributed by atoms with E-state index in [1.165, 1.54) is 17.4 Å². The predicted molar refractivity (Wildman–Crippen MR) is 113 cm³/mol. The van der Waals surface area contributed by atoms with Crippen molar-refractivity contribution in [1.29, 1.82) is 0 Å². The van der Waals surface area contributed by atoms with E-state index in [1.807, 2.05) is 18.2 Å². The molecule has 5 nitrogen and oxygen atoms in total. The Labute approximate surface area is 175 Å². The highest BCUT2D eigenvalue weighted by Gasteiger charge is 2.35. The van der Waals surface area contributed by atoms with E-state index in [-0.39, 0.29) is 21.7 Å². The molecule has 0 amide bonds. The van der Waals surface area contributed by atoms with E-state index < -0.39 is 10.0 Å². The van der Waals surface area contributed by atoms with Crippen LogP contribution in [0, 0.1) is 0 Å². The number of carbonyl (C=O) groups is 1. The summed E-state index contributed by atoms with van der Waals surface area (Å²) in [7, 11) is -2.25. The maximum Gasteiger partial charge on any atom is 0.264 e. The van der Waals surface area contributed by atoms with E-state index in [2.05, 4.69) is 5.32 Å². The maximum atomic E-state index is 13.2. The molecule has 0 spiro atoms. The Kier molecular flexibility index (Phi) is 6.34. The molecule has 0 saturated carbocycles. The molecule has 150 valence electrons. The van der Waals surface area contributed by atoms with Gasteiger partial charge in [-0.25, -0.2) is 8.42 Å². The number of rotatable bonds is 6. The van der Waals surface area contributed by atoms with E-state index >= 15 is 0 Å². The quantitative estimate of drug-likeness (QED) is 0.667. The minimum atomic E-state index is -3.78. The molecule has 1 aliphatic rings. The van der Waals surface area contributed by atoms with Crippen LogP contribution in [0.1, 0.15) is 43.4 Å². The second-order valence-corrected chi connectivity index (χ2v) is 9.63. The highest BCUT2D eigenvalue weighted by Crippen LogP contribution is 2.42. The van der Waals surface area contributed by atoms with Crippen molar-refractivity contribution in [2.24, 2.45) is 0 Å². The minimum absolute atomic E-state index is 0.141. The van der Waals surface area contributed by atoms with Gasteiger partial charge in [0.1, 0.15) is 5.78 Å². The number of nitrogens with one attached hydrogen (secondary N) is 1. The van der Waals surface area contributed by atoms with Gasteiger partial charge >= 0.3 is 0 Å². The molecule has 1 aliphatic heterocycles.